The number of carbonyl (C=O) groups is 1. The molecule has 0 saturated heterocycles. The number of nitriles is 1. The number of nitrogens with one attached hydrogen (secondary N) is 1. The number of carbonyl (C=O) groups excluding carboxylic acids is 1. The van der Waals surface area contributed by atoms with Gasteiger partial charge in [0.05, 0.1) is 23.8 Å². The van der Waals surface area contributed by atoms with E-state index in [4.69, 9.17) is 5.26 Å². The molecule has 0 fully saturated rings. The Kier molecular flexibility index (Phi) is 6.15. The van der Waals surface area contributed by atoms with Crippen LogP contribution in [0.5, 0.6) is 0 Å². The summed E-state index contributed by atoms with van der Waals surface area (Å²) in [5.41, 5.74) is 1.39. The molecule has 0 saturated carbocycles. The highest BCUT2D eigenvalue weighted by atomic mass is 16.3. The SMILES string of the molecule is CC(C)(O)CN(Cc1ccccc1)C(=O)CNc1ccc(C#N)cc1. The molecule has 2 rings (SSSR count). The standard InChI is InChI=1S/C20H23N3O2/c1-20(2,25)15-23(14-17-6-4-3-5-7-17)19(24)13-22-18-10-8-16(12-21)9-11-18/h3-11,22,25H,13-15H2,1-2H3. The Hall–Kier alpha value is -2.84. The van der Waals surface area contributed by atoms with E-state index >= 15 is 0 Å². The van der Waals surface area contributed by atoms with Crippen molar-refractivity contribution in [2.75, 3.05) is 18.4 Å². The minimum Gasteiger partial charge on any atom is -0.389 e. The monoisotopic (exact) mass is 337 g/mol. The third-order valence-corrected chi connectivity index (χ3v) is 3.60. The van der Waals surface area contributed by atoms with Crippen LogP contribution in [0.2, 0.25) is 0 Å². The fraction of sp³-hybridized carbons (Fsp3) is 0.300. The molecule has 2 N–H and O–H groups in total. The Balaban J connectivity index is 2.02. The number of anilines is 1. The molecule has 2 aromatic carbocycles. The summed E-state index contributed by atoms with van der Waals surface area (Å²) in [7, 11) is 0. The number of aliphatic hydroxyl groups is 1. The fourth-order valence-electron chi connectivity index (χ4n) is 2.46. The van der Waals surface area contributed by atoms with Gasteiger partial charge in [-0.25, -0.2) is 0 Å². The number of hydrogen-bond acceptors (Lipinski definition) is 4. The van der Waals surface area contributed by atoms with Crippen molar-refractivity contribution in [3.05, 3.63) is 65.7 Å². The summed E-state index contributed by atoms with van der Waals surface area (Å²) in [5.74, 6) is -0.102. The number of nitrogens with zero attached hydrogens (tertiary/aromatic N) is 2. The first-order valence-electron chi connectivity index (χ1n) is 8.15. The lowest BCUT2D eigenvalue weighted by Gasteiger charge is -2.29. The Morgan fingerprint density at radius 1 is 1.16 bits per heavy atom. The Morgan fingerprint density at radius 2 is 1.80 bits per heavy atom. The van der Waals surface area contributed by atoms with E-state index in [2.05, 4.69) is 11.4 Å². The van der Waals surface area contributed by atoms with Crippen molar-refractivity contribution in [3.8, 4) is 6.07 Å². The zero-order chi connectivity index (χ0) is 18.3. The molecule has 5 nitrogen and oxygen atoms in total. The minimum atomic E-state index is -0.973. The van der Waals surface area contributed by atoms with Gasteiger partial charge in [-0.3, -0.25) is 4.79 Å². The van der Waals surface area contributed by atoms with Gasteiger partial charge >= 0.3 is 0 Å². The Bertz CT molecular complexity index is 728. The van der Waals surface area contributed by atoms with Crippen molar-refractivity contribution in [2.24, 2.45) is 0 Å². The van der Waals surface area contributed by atoms with Gasteiger partial charge in [0.15, 0.2) is 0 Å². The van der Waals surface area contributed by atoms with Crippen LogP contribution in [-0.2, 0) is 11.3 Å². The first kappa shape index (κ1) is 18.5. The van der Waals surface area contributed by atoms with Crippen molar-refractivity contribution < 1.29 is 9.90 Å². The van der Waals surface area contributed by atoms with Crippen LogP contribution in [0.25, 0.3) is 0 Å². The topological polar surface area (TPSA) is 76.4 Å². The number of hydrogen-bond donors (Lipinski definition) is 2. The minimum absolute atomic E-state index is 0.102. The second kappa shape index (κ2) is 8.32. The Morgan fingerprint density at radius 3 is 2.36 bits per heavy atom. The zero-order valence-corrected chi connectivity index (χ0v) is 14.6. The smallest absolute Gasteiger partial charge is 0.242 e. The van der Waals surface area contributed by atoms with Crippen molar-refractivity contribution >= 4 is 11.6 Å². The second-order valence-electron chi connectivity index (χ2n) is 6.59. The molecule has 0 unspecified atom stereocenters. The van der Waals surface area contributed by atoms with Gasteiger partial charge in [-0.1, -0.05) is 30.3 Å². The predicted molar refractivity (Wildman–Crippen MR) is 97.8 cm³/mol. The van der Waals surface area contributed by atoms with E-state index in [1.54, 1.807) is 43.0 Å². The van der Waals surface area contributed by atoms with Crippen LogP contribution in [0.15, 0.2) is 54.6 Å². The van der Waals surface area contributed by atoms with Gasteiger partial charge in [-0.2, -0.15) is 5.26 Å². The third kappa shape index (κ3) is 6.28. The fourth-order valence-corrected chi connectivity index (χ4v) is 2.46. The third-order valence-electron chi connectivity index (χ3n) is 3.60. The first-order chi connectivity index (χ1) is 11.9. The quantitative estimate of drug-likeness (QED) is 0.814. The highest BCUT2D eigenvalue weighted by molar-refractivity contribution is 5.81. The van der Waals surface area contributed by atoms with E-state index in [-0.39, 0.29) is 19.0 Å². The van der Waals surface area contributed by atoms with Crippen molar-refractivity contribution in [1.82, 2.24) is 4.90 Å². The highest BCUT2D eigenvalue weighted by Gasteiger charge is 2.22. The molecular formula is C20H23N3O2. The van der Waals surface area contributed by atoms with E-state index in [1.807, 2.05) is 30.3 Å². The van der Waals surface area contributed by atoms with Crippen LogP contribution in [0, 0.1) is 11.3 Å². The molecule has 0 radical (unpaired) electrons. The zero-order valence-electron chi connectivity index (χ0n) is 14.6. The first-order valence-corrected chi connectivity index (χ1v) is 8.15. The van der Waals surface area contributed by atoms with Gasteiger partial charge in [0.25, 0.3) is 0 Å². The summed E-state index contributed by atoms with van der Waals surface area (Å²) in [5, 5.41) is 22.0. The molecule has 0 aliphatic carbocycles. The molecule has 0 bridgehead atoms. The van der Waals surface area contributed by atoms with Crippen molar-refractivity contribution in [3.63, 3.8) is 0 Å². The number of rotatable bonds is 7. The lowest BCUT2D eigenvalue weighted by molar-refractivity contribution is -0.133. The largest absolute Gasteiger partial charge is 0.389 e. The number of benzene rings is 2. The summed E-state index contributed by atoms with van der Waals surface area (Å²) < 4.78 is 0. The summed E-state index contributed by atoms with van der Waals surface area (Å²) in [4.78, 5) is 14.3. The molecule has 0 heterocycles. The van der Waals surface area contributed by atoms with Crippen LogP contribution in [0.4, 0.5) is 5.69 Å². The summed E-state index contributed by atoms with van der Waals surface area (Å²) >= 11 is 0. The average molecular weight is 337 g/mol. The molecule has 0 atom stereocenters. The normalized spacial score (nSPS) is 10.8. The van der Waals surface area contributed by atoms with Crippen LogP contribution in [-0.4, -0.2) is 34.6 Å². The van der Waals surface area contributed by atoms with Gasteiger partial charge in [0, 0.05) is 18.8 Å². The van der Waals surface area contributed by atoms with Gasteiger partial charge < -0.3 is 15.3 Å². The lowest BCUT2D eigenvalue weighted by Crippen LogP contribution is -2.44. The number of amides is 1. The molecular weight excluding hydrogens is 314 g/mol. The second-order valence-corrected chi connectivity index (χ2v) is 6.59. The van der Waals surface area contributed by atoms with E-state index in [1.165, 1.54) is 0 Å². The molecule has 0 aliphatic rings. The molecule has 0 spiro atoms. The van der Waals surface area contributed by atoms with Crippen LogP contribution in [0.3, 0.4) is 0 Å². The van der Waals surface area contributed by atoms with Gasteiger partial charge in [-0.05, 0) is 43.7 Å². The lowest BCUT2D eigenvalue weighted by atomic mass is 10.1. The van der Waals surface area contributed by atoms with Crippen LogP contribution in [0.1, 0.15) is 25.0 Å². The van der Waals surface area contributed by atoms with E-state index < -0.39 is 5.60 Å². The summed E-state index contributed by atoms with van der Waals surface area (Å²) in [6, 6.07) is 18.7. The van der Waals surface area contributed by atoms with Gasteiger partial charge in [-0.15, -0.1) is 0 Å². The molecule has 0 aromatic heterocycles. The molecule has 130 valence electrons. The molecule has 2 aromatic rings. The molecule has 0 aliphatic heterocycles. The highest BCUT2D eigenvalue weighted by Crippen LogP contribution is 2.12. The maximum Gasteiger partial charge on any atom is 0.242 e. The van der Waals surface area contributed by atoms with Crippen LogP contribution >= 0.6 is 0 Å². The summed E-state index contributed by atoms with van der Waals surface area (Å²) in [6.07, 6.45) is 0. The molecule has 25 heavy (non-hydrogen) atoms. The van der Waals surface area contributed by atoms with Crippen molar-refractivity contribution in [2.45, 2.75) is 26.0 Å². The van der Waals surface area contributed by atoms with Crippen molar-refractivity contribution in [1.29, 1.82) is 5.26 Å². The molecule has 5 heteroatoms. The Labute approximate surface area is 148 Å². The van der Waals surface area contributed by atoms with Gasteiger partial charge in [0.1, 0.15) is 0 Å². The summed E-state index contributed by atoms with van der Waals surface area (Å²) in [6.45, 7) is 4.18. The van der Waals surface area contributed by atoms with E-state index in [0.29, 0.717) is 12.1 Å². The average Bonchev–Trinajstić information content (AvgIpc) is 2.59. The van der Waals surface area contributed by atoms with Crippen LogP contribution < -0.4 is 5.32 Å². The van der Waals surface area contributed by atoms with E-state index in [9.17, 15) is 9.90 Å². The van der Waals surface area contributed by atoms with E-state index in [0.717, 1.165) is 11.3 Å². The van der Waals surface area contributed by atoms with Gasteiger partial charge in [0.2, 0.25) is 5.91 Å². The maximum absolute atomic E-state index is 12.6. The maximum atomic E-state index is 12.6. The molecule has 1 amide bonds. The predicted octanol–water partition coefficient (Wildman–Crippen LogP) is 2.77.